The van der Waals surface area contributed by atoms with E-state index in [1.54, 1.807) is 7.11 Å². The van der Waals surface area contributed by atoms with Gasteiger partial charge in [-0.25, -0.2) is 8.42 Å². The highest BCUT2D eigenvalue weighted by molar-refractivity contribution is 7.94. The molecule has 10 heavy (non-hydrogen) atoms. The third kappa shape index (κ3) is 4.52. The van der Waals surface area contributed by atoms with Crippen molar-refractivity contribution >= 4 is 9.84 Å². The molecule has 0 unspecified atom stereocenters. The van der Waals surface area contributed by atoms with E-state index in [0.29, 0.717) is 13.0 Å². The molecule has 3 nitrogen and oxygen atoms in total. The zero-order chi connectivity index (χ0) is 8.04. The fourth-order valence-electron chi connectivity index (χ4n) is 0.488. The van der Waals surface area contributed by atoms with Crippen LogP contribution in [-0.4, -0.2) is 27.9 Å². The fourth-order valence-corrected chi connectivity index (χ4v) is 1.17. The summed E-state index contributed by atoms with van der Waals surface area (Å²) in [6.07, 6.45) is 0.533. The predicted octanol–water partition coefficient (Wildman–Crippen LogP) is 0.581. The molecule has 0 bridgehead atoms. The van der Waals surface area contributed by atoms with Gasteiger partial charge in [-0.3, -0.25) is 0 Å². The van der Waals surface area contributed by atoms with Crippen molar-refractivity contribution in [2.75, 3.05) is 19.5 Å². The predicted molar refractivity (Wildman–Crippen MR) is 40.5 cm³/mol. The number of hydrogen-bond acceptors (Lipinski definition) is 3. The van der Waals surface area contributed by atoms with Gasteiger partial charge in [0.1, 0.15) is 0 Å². The van der Waals surface area contributed by atoms with Crippen LogP contribution in [0.25, 0.3) is 0 Å². The summed E-state index contributed by atoms with van der Waals surface area (Å²) >= 11 is 0. The smallest absolute Gasteiger partial charge is 0.171 e. The van der Waals surface area contributed by atoms with Crippen LogP contribution in [0.4, 0.5) is 0 Å². The topological polar surface area (TPSA) is 43.4 Å². The normalized spacial score (nSPS) is 11.3. The molecule has 0 atom stereocenters. The zero-order valence-corrected chi connectivity index (χ0v) is 6.86. The molecule has 0 amide bonds. The summed E-state index contributed by atoms with van der Waals surface area (Å²) in [4.78, 5) is 0. The van der Waals surface area contributed by atoms with Gasteiger partial charge in [-0.15, -0.1) is 0 Å². The quantitative estimate of drug-likeness (QED) is 0.558. The lowest BCUT2D eigenvalue weighted by Crippen LogP contribution is -2.04. The molecule has 0 aromatic heterocycles. The summed E-state index contributed by atoms with van der Waals surface area (Å²) in [7, 11) is -1.47. The first-order valence-corrected chi connectivity index (χ1v) is 4.68. The van der Waals surface area contributed by atoms with Crippen LogP contribution in [0.15, 0.2) is 12.0 Å². The van der Waals surface area contributed by atoms with Gasteiger partial charge in [0, 0.05) is 19.1 Å². The molecule has 0 aliphatic heterocycles. The second-order valence-electron chi connectivity index (χ2n) is 1.88. The van der Waals surface area contributed by atoms with Gasteiger partial charge in [-0.2, -0.15) is 0 Å². The molecule has 60 valence electrons. The highest BCUT2D eigenvalue weighted by atomic mass is 32.2. The first-order valence-electron chi connectivity index (χ1n) is 2.96. The summed E-state index contributed by atoms with van der Waals surface area (Å²) in [6.45, 7) is 3.66. The second kappa shape index (κ2) is 4.46. The number of ether oxygens (including phenoxy) is 1. The van der Waals surface area contributed by atoms with Crippen LogP contribution in [0.3, 0.4) is 0 Å². The van der Waals surface area contributed by atoms with Crippen molar-refractivity contribution in [1.29, 1.82) is 0 Å². The molecule has 0 heterocycles. The number of sulfone groups is 1. The van der Waals surface area contributed by atoms with Crippen LogP contribution in [0.5, 0.6) is 0 Å². The summed E-state index contributed by atoms with van der Waals surface area (Å²) in [6, 6.07) is 0. The molecule has 0 rings (SSSR count). The monoisotopic (exact) mass is 164 g/mol. The standard InChI is InChI=1S/C6H12O3S/c1-3-10(7,8)6-4-5-9-2/h3H,1,4-6H2,2H3. The van der Waals surface area contributed by atoms with Gasteiger partial charge >= 0.3 is 0 Å². The van der Waals surface area contributed by atoms with Gasteiger partial charge in [0.05, 0.1) is 5.75 Å². The Morgan fingerprint density at radius 3 is 2.60 bits per heavy atom. The fraction of sp³-hybridized carbons (Fsp3) is 0.667. The van der Waals surface area contributed by atoms with Gasteiger partial charge in [0.15, 0.2) is 9.84 Å². The number of hydrogen-bond donors (Lipinski definition) is 0. The van der Waals surface area contributed by atoms with Crippen LogP contribution in [0.1, 0.15) is 6.42 Å². The van der Waals surface area contributed by atoms with E-state index in [1.807, 2.05) is 0 Å². The largest absolute Gasteiger partial charge is 0.385 e. The average Bonchev–Trinajstić information content (AvgIpc) is 1.89. The lowest BCUT2D eigenvalue weighted by Gasteiger charge is -1.96. The minimum absolute atomic E-state index is 0.129. The highest BCUT2D eigenvalue weighted by Gasteiger charge is 2.02. The molecule has 0 N–H and O–H groups in total. The Labute approximate surface area is 61.6 Å². The zero-order valence-electron chi connectivity index (χ0n) is 6.04. The molecule has 0 radical (unpaired) electrons. The van der Waals surface area contributed by atoms with E-state index < -0.39 is 9.84 Å². The van der Waals surface area contributed by atoms with E-state index in [1.165, 1.54) is 0 Å². The van der Waals surface area contributed by atoms with E-state index in [9.17, 15) is 8.42 Å². The third-order valence-electron chi connectivity index (χ3n) is 1.03. The van der Waals surface area contributed by atoms with E-state index in [-0.39, 0.29) is 5.75 Å². The molecule has 4 heteroatoms. The Hall–Kier alpha value is -0.350. The summed E-state index contributed by atoms with van der Waals surface area (Å²) in [5, 5.41) is 0.975. The maximum absolute atomic E-state index is 10.7. The SMILES string of the molecule is C=CS(=O)(=O)CCCOC. The minimum atomic E-state index is -3.01. The van der Waals surface area contributed by atoms with Gasteiger partial charge < -0.3 is 4.74 Å². The molecule has 0 spiro atoms. The number of methoxy groups -OCH3 is 1. The second-order valence-corrected chi connectivity index (χ2v) is 3.95. The average molecular weight is 164 g/mol. The highest BCUT2D eigenvalue weighted by Crippen LogP contribution is 1.93. The van der Waals surface area contributed by atoms with Gasteiger partial charge in [0.25, 0.3) is 0 Å². The lowest BCUT2D eigenvalue weighted by atomic mass is 10.5. The minimum Gasteiger partial charge on any atom is -0.385 e. The first-order chi connectivity index (χ1) is 4.62. The van der Waals surface area contributed by atoms with Crippen molar-refractivity contribution < 1.29 is 13.2 Å². The van der Waals surface area contributed by atoms with E-state index >= 15 is 0 Å². The van der Waals surface area contributed by atoms with Crippen LogP contribution >= 0.6 is 0 Å². The summed E-state index contributed by atoms with van der Waals surface area (Å²) in [5.41, 5.74) is 0. The summed E-state index contributed by atoms with van der Waals surface area (Å²) < 4.78 is 26.1. The van der Waals surface area contributed by atoms with Gasteiger partial charge in [0.2, 0.25) is 0 Å². The molecular weight excluding hydrogens is 152 g/mol. The van der Waals surface area contributed by atoms with Crippen molar-refractivity contribution in [3.8, 4) is 0 Å². The Morgan fingerprint density at radius 2 is 2.20 bits per heavy atom. The molecule has 0 aliphatic rings. The van der Waals surface area contributed by atoms with Crippen LogP contribution in [-0.2, 0) is 14.6 Å². The van der Waals surface area contributed by atoms with E-state index in [2.05, 4.69) is 11.3 Å². The van der Waals surface area contributed by atoms with E-state index in [0.717, 1.165) is 5.41 Å². The van der Waals surface area contributed by atoms with Crippen molar-refractivity contribution in [2.24, 2.45) is 0 Å². The van der Waals surface area contributed by atoms with Crippen LogP contribution < -0.4 is 0 Å². The Balaban J connectivity index is 3.59. The molecule has 0 aromatic carbocycles. The van der Waals surface area contributed by atoms with Crippen molar-refractivity contribution in [3.63, 3.8) is 0 Å². The van der Waals surface area contributed by atoms with Crippen molar-refractivity contribution in [3.05, 3.63) is 12.0 Å². The molecule has 0 fully saturated rings. The Bertz CT molecular complexity index is 181. The molecule has 0 saturated heterocycles. The van der Waals surface area contributed by atoms with Gasteiger partial charge in [-0.05, 0) is 6.42 Å². The van der Waals surface area contributed by atoms with Gasteiger partial charge in [-0.1, -0.05) is 6.58 Å². The van der Waals surface area contributed by atoms with Crippen LogP contribution in [0.2, 0.25) is 0 Å². The van der Waals surface area contributed by atoms with Crippen molar-refractivity contribution in [1.82, 2.24) is 0 Å². The number of rotatable bonds is 5. The third-order valence-corrected chi connectivity index (χ3v) is 2.40. The first kappa shape index (κ1) is 9.65. The molecule has 0 aromatic rings. The summed E-state index contributed by atoms with van der Waals surface area (Å²) in [5.74, 6) is 0.129. The van der Waals surface area contributed by atoms with Crippen molar-refractivity contribution in [2.45, 2.75) is 6.42 Å². The van der Waals surface area contributed by atoms with Crippen LogP contribution in [0, 0.1) is 0 Å². The Kier molecular flexibility index (Phi) is 4.31. The maximum atomic E-state index is 10.7. The molecule has 0 saturated carbocycles. The maximum Gasteiger partial charge on any atom is 0.171 e. The van der Waals surface area contributed by atoms with E-state index in [4.69, 9.17) is 0 Å². The molecule has 0 aliphatic carbocycles. The molecular formula is C6H12O3S. The Morgan fingerprint density at radius 1 is 1.60 bits per heavy atom. The lowest BCUT2D eigenvalue weighted by molar-refractivity contribution is 0.199.